The van der Waals surface area contributed by atoms with Gasteiger partial charge in [0.1, 0.15) is 0 Å². The van der Waals surface area contributed by atoms with Gasteiger partial charge < -0.3 is 5.11 Å². The van der Waals surface area contributed by atoms with Crippen LogP contribution in [0.5, 0.6) is 0 Å². The van der Waals surface area contributed by atoms with E-state index in [1.54, 1.807) is 36.6 Å². The number of hydrogen-bond acceptors (Lipinski definition) is 4. The Kier molecular flexibility index (Phi) is 5.16. The van der Waals surface area contributed by atoms with Crippen molar-refractivity contribution in [1.82, 2.24) is 4.31 Å². The van der Waals surface area contributed by atoms with Crippen LogP contribution in [0.3, 0.4) is 0 Å². The van der Waals surface area contributed by atoms with Gasteiger partial charge in [0.15, 0.2) is 0 Å². The number of aliphatic hydroxyl groups excluding tert-OH is 1. The predicted octanol–water partition coefficient (Wildman–Crippen LogP) is 2.62. The van der Waals surface area contributed by atoms with Crippen LogP contribution in [0, 0.1) is 0 Å². The highest BCUT2D eigenvalue weighted by Gasteiger charge is 2.24. The van der Waals surface area contributed by atoms with E-state index in [0.717, 1.165) is 11.1 Å². The zero-order chi connectivity index (χ0) is 15.5. The molecule has 2 aromatic rings. The van der Waals surface area contributed by atoms with Crippen molar-refractivity contribution in [3.8, 4) is 0 Å². The largest absolute Gasteiger partial charge is 0.392 e. The molecule has 1 heterocycles. The van der Waals surface area contributed by atoms with Gasteiger partial charge in [0.25, 0.3) is 0 Å². The van der Waals surface area contributed by atoms with Gasteiger partial charge in [0.2, 0.25) is 10.0 Å². The van der Waals surface area contributed by atoms with Crippen LogP contribution < -0.4 is 0 Å². The van der Waals surface area contributed by atoms with Gasteiger partial charge in [-0.2, -0.15) is 15.6 Å². The van der Waals surface area contributed by atoms with E-state index in [2.05, 4.69) is 0 Å². The first-order valence-electron chi connectivity index (χ1n) is 6.69. The zero-order valence-electron chi connectivity index (χ0n) is 12.1. The van der Waals surface area contributed by atoms with Gasteiger partial charge in [0.05, 0.1) is 11.5 Å². The molecular weight excluding hydrogens is 306 g/mol. The van der Waals surface area contributed by atoms with E-state index in [1.807, 2.05) is 23.8 Å². The molecule has 0 aliphatic heterocycles. The van der Waals surface area contributed by atoms with Gasteiger partial charge in [-0.05, 0) is 46.0 Å². The molecule has 1 aromatic carbocycles. The summed E-state index contributed by atoms with van der Waals surface area (Å²) in [5.41, 5.74) is 2.35. The molecule has 4 nitrogen and oxygen atoms in total. The molecule has 21 heavy (non-hydrogen) atoms. The summed E-state index contributed by atoms with van der Waals surface area (Å²) in [5, 5.41) is 13.1. The fourth-order valence-corrected chi connectivity index (χ4v) is 4.28. The zero-order valence-corrected chi connectivity index (χ0v) is 13.7. The SMILES string of the molecule is CCc1ccc(CO)cc1S(=O)(=O)N(C)Cc1ccsc1. The monoisotopic (exact) mass is 325 g/mol. The van der Waals surface area contributed by atoms with Crippen molar-refractivity contribution in [3.63, 3.8) is 0 Å². The summed E-state index contributed by atoms with van der Waals surface area (Å²) in [6, 6.07) is 7.02. The molecule has 0 fully saturated rings. The molecule has 2 rings (SSSR count). The topological polar surface area (TPSA) is 57.6 Å². The van der Waals surface area contributed by atoms with Crippen molar-refractivity contribution in [2.45, 2.75) is 31.4 Å². The van der Waals surface area contributed by atoms with Crippen LogP contribution >= 0.6 is 11.3 Å². The lowest BCUT2D eigenvalue weighted by Crippen LogP contribution is -2.27. The van der Waals surface area contributed by atoms with Crippen molar-refractivity contribution in [2.75, 3.05) is 7.05 Å². The first kappa shape index (κ1) is 16.2. The molecule has 0 unspecified atom stereocenters. The average molecular weight is 325 g/mol. The fourth-order valence-electron chi connectivity index (χ4n) is 2.12. The van der Waals surface area contributed by atoms with Crippen molar-refractivity contribution in [2.24, 2.45) is 0 Å². The summed E-state index contributed by atoms with van der Waals surface area (Å²) in [4.78, 5) is 0.286. The van der Waals surface area contributed by atoms with Crippen molar-refractivity contribution >= 4 is 21.4 Å². The lowest BCUT2D eigenvalue weighted by Gasteiger charge is -2.19. The molecule has 0 saturated heterocycles. The number of rotatable bonds is 6. The van der Waals surface area contributed by atoms with Gasteiger partial charge >= 0.3 is 0 Å². The maximum atomic E-state index is 12.8. The van der Waals surface area contributed by atoms with E-state index in [9.17, 15) is 13.5 Å². The van der Waals surface area contributed by atoms with Crippen LogP contribution in [-0.4, -0.2) is 24.9 Å². The van der Waals surface area contributed by atoms with Crippen LogP contribution in [0.1, 0.15) is 23.6 Å². The molecule has 6 heteroatoms. The quantitative estimate of drug-likeness (QED) is 0.888. The van der Waals surface area contributed by atoms with Crippen molar-refractivity contribution in [1.29, 1.82) is 0 Å². The third-order valence-electron chi connectivity index (χ3n) is 3.37. The second kappa shape index (κ2) is 6.70. The lowest BCUT2D eigenvalue weighted by atomic mass is 10.1. The first-order chi connectivity index (χ1) is 9.98. The second-order valence-corrected chi connectivity index (χ2v) is 7.64. The third kappa shape index (κ3) is 3.52. The van der Waals surface area contributed by atoms with E-state index in [0.29, 0.717) is 18.5 Å². The predicted molar refractivity (Wildman–Crippen MR) is 84.7 cm³/mol. The number of aryl methyl sites for hydroxylation is 1. The highest BCUT2D eigenvalue weighted by molar-refractivity contribution is 7.89. The van der Waals surface area contributed by atoms with Crippen molar-refractivity contribution in [3.05, 3.63) is 51.7 Å². The molecule has 0 bridgehead atoms. The number of aliphatic hydroxyl groups is 1. The molecular formula is C15H19NO3S2. The Balaban J connectivity index is 2.38. The number of sulfonamides is 1. The minimum atomic E-state index is -3.56. The molecule has 0 atom stereocenters. The molecule has 1 N–H and O–H groups in total. The fraction of sp³-hybridized carbons (Fsp3) is 0.333. The van der Waals surface area contributed by atoms with Crippen molar-refractivity contribution < 1.29 is 13.5 Å². The van der Waals surface area contributed by atoms with E-state index < -0.39 is 10.0 Å². The highest BCUT2D eigenvalue weighted by Crippen LogP contribution is 2.23. The van der Waals surface area contributed by atoms with Gasteiger partial charge in [-0.3, -0.25) is 0 Å². The van der Waals surface area contributed by atoms with Crippen LogP contribution in [0.25, 0.3) is 0 Å². The normalized spacial score (nSPS) is 12.0. The lowest BCUT2D eigenvalue weighted by molar-refractivity contribution is 0.281. The van der Waals surface area contributed by atoms with Gasteiger partial charge in [0, 0.05) is 13.6 Å². The molecule has 0 radical (unpaired) electrons. The number of hydrogen-bond donors (Lipinski definition) is 1. The molecule has 0 saturated carbocycles. The second-order valence-electron chi connectivity index (χ2n) is 4.85. The van der Waals surface area contributed by atoms with Crippen LogP contribution in [-0.2, 0) is 29.6 Å². The van der Waals surface area contributed by atoms with E-state index in [4.69, 9.17) is 0 Å². The summed E-state index contributed by atoms with van der Waals surface area (Å²) < 4.78 is 26.9. The molecule has 0 aliphatic rings. The molecule has 1 aromatic heterocycles. The summed E-state index contributed by atoms with van der Waals surface area (Å²) in [7, 11) is -1.98. The maximum Gasteiger partial charge on any atom is 0.243 e. The maximum absolute atomic E-state index is 12.8. The van der Waals surface area contributed by atoms with Gasteiger partial charge in [-0.1, -0.05) is 19.1 Å². The van der Waals surface area contributed by atoms with Crippen LogP contribution in [0.2, 0.25) is 0 Å². The van der Waals surface area contributed by atoms with Gasteiger partial charge in [-0.15, -0.1) is 0 Å². The molecule has 0 amide bonds. The van der Waals surface area contributed by atoms with E-state index in [-0.39, 0.29) is 11.5 Å². The first-order valence-corrected chi connectivity index (χ1v) is 9.07. The number of thiophene rings is 1. The third-order valence-corrected chi connectivity index (χ3v) is 5.99. The van der Waals surface area contributed by atoms with Crippen LogP contribution in [0.4, 0.5) is 0 Å². The standard InChI is InChI=1S/C15H19NO3S2/c1-3-14-5-4-12(10-17)8-15(14)21(18,19)16(2)9-13-6-7-20-11-13/h4-8,11,17H,3,9-10H2,1-2H3. The Morgan fingerprint density at radius 1 is 1.24 bits per heavy atom. The Labute approximate surface area is 129 Å². The summed E-state index contributed by atoms with van der Waals surface area (Å²) >= 11 is 1.55. The summed E-state index contributed by atoms with van der Waals surface area (Å²) in [5.74, 6) is 0. The molecule has 0 spiro atoms. The van der Waals surface area contributed by atoms with E-state index in [1.165, 1.54) is 4.31 Å². The summed E-state index contributed by atoms with van der Waals surface area (Å²) in [6.07, 6.45) is 0.632. The minimum absolute atomic E-state index is 0.166. The Morgan fingerprint density at radius 2 is 2.00 bits per heavy atom. The van der Waals surface area contributed by atoms with Gasteiger partial charge in [-0.25, -0.2) is 8.42 Å². The smallest absolute Gasteiger partial charge is 0.243 e. The Morgan fingerprint density at radius 3 is 2.57 bits per heavy atom. The molecule has 0 aliphatic carbocycles. The van der Waals surface area contributed by atoms with E-state index >= 15 is 0 Å². The summed E-state index contributed by atoms with van der Waals surface area (Å²) in [6.45, 7) is 2.10. The minimum Gasteiger partial charge on any atom is -0.392 e. The number of benzene rings is 1. The van der Waals surface area contributed by atoms with Crippen LogP contribution in [0.15, 0.2) is 39.9 Å². The Bertz CT molecular complexity index is 694. The number of nitrogens with zero attached hydrogens (tertiary/aromatic N) is 1. The molecule has 114 valence electrons. The average Bonchev–Trinajstić information content (AvgIpc) is 2.99. The highest BCUT2D eigenvalue weighted by atomic mass is 32.2. The Hall–Kier alpha value is -1.21.